The monoisotopic (exact) mass is 339 g/mol. The molecule has 1 aliphatic heterocycles. The van der Waals surface area contributed by atoms with Gasteiger partial charge in [0.15, 0.2) is 0 Å². The fourth-order valence-electron chi connectivity index (χ4n) is 3.63. The smallest absolute Gasteiger partial charge is 0.407 e. The first-order valence-electron chi connectivity index (χ1n) is 9.73. The van der Waals surface area contributed by atoms with Crippen molar-refractivity contribution in [3.05, 3.63) is 0 Å². The highest BCUT2D eigenvalue weighted by Crippen LogP contribution is 2.33. The summed E-state index contributed by atoms with van der Waals surface area (Å²) in [7, 11) is 0. The Morgan fingerprint density at radius 3 is 2.54 bits per heavy atom. The van der Waals surface area contributed by atoms with Crippen molar-refractivity contribution in [2.24, 2.45) is 11.8 Å². The zero-order valence-corrected chi connectivity index (χ0v) is 16.2. The normalized spacial score (nSPS) is 25.1. The van der Waals surface area contributed by atoms with Gasteiger partial charge in [0.25, 0.3) is 0 Å². The predicted molar refractivity (Wildman–Crippen MR) is 98.2 cm³/mol. The first-order valence-corrected chi connectivity index (χ1v) is 9.73. The quantitative estimate of drug-likeness (QED) is 0.749. The maximum Gasteiger partial charge on any atom is 0.407 e. The maximum atomic E-state index is 11.9. The average Bonchev–Trinajstić information content (AvgIpc) is 3.34. The second kappa shape index (κ2) is 8.52. The molecule has 3 atom stereocenters. The largest absolute Gasteiger partial charge is 0.444 e. The van der Waals surface area contributed by atoms with Crippen LogP contribution in [0.4, 0.5) is 4.79 Å². The second-order valence-corrected chi connectivity index (χ2v) is 8.58. The Kier molecular flexibility index (Phi) is 6.93. The summed E-state index contributed by atoms with van der Waals surface area (Å²) in [6.07, 6.45) is 4.84. The van der Waals surface area contributed by atoms with Crippen LogP contribution in [0.25, 0.3) is 0 Å². The molecule has 1 aliphatic carbocycles. The van der Waals surface area contributed by atoms with Crippen LogP contribution in [-0.2, 0) is 4.74 Å². The summed E-state index contributed by atoms with van der Waals surface area (Å²) in [5, 5.41) is 6.77. The summed E-state index contributed by atoms with van der Waals surface area (Å²) < 4.78 is 5.35. The molecule has 1 amide bonds. The molecular weight excluding hydrogens is 302 g/mol. The van der Waals surface area contributed by atoms with Gasteiger partial charge in [-0.25, -0.2) is 4.79 Å². The van der Waals surface area contributed by atoms with E-state index in [0.29, 0.717) is 30.5 Å². The van der Waals surface area contributed by atoms with Crippen LogP contribution < -0.4 is 10.6 Å². The van der Waals surface area contributed by atoms with E-state index in [9.17, 15) is 4.79 Å². The lowest BCUT2D eigenvalue weighted by atomic mass is 9.91. The van der Waals surface area contributed by atoms with Crippen LogP contribution in [0.5, 0.6) is 0 Å². The molecule has 0 radical (unpaired) electrons. The summed E-state index contributed by atoms with van der Waals surface area (Å²) in [5.41, 5.74) is -0.439. The standard InChI is InChI=1S/C19H37N3O2/c1-6-22-11-7-8-16(13-22)14(2)21-17(15-9-10-15)12-20-18(23)24-19(3,4)5/h14-17,21H,6-13H2,1-5H3,(H,20,23). The third-order valence-electron chi connectivity index (χ3n) is 5.23. The van der Waals surface area contributed by atoms with Crippen molar-refractivity contribution in [1.82, 2.24) is 15.5 Å². The highest BCUT2D eigenvalue weighted by molar-refractivity contribution is 5.67. The van der Waals surface area contributed by atoms with E-state index >= 15 is 0 Å². The van der Waals surface area contributed by atoms with Gasteiger partial charge >= 0.3 is 6.09 Å². The van der Waals surface area contributed by atoms with E-state index in [-0.39, 0.29) is 6.09 Å². The van der Waals surface area contributed by atoms with E-state index < -0.39 is 5.60 Å². The minimum absolute atomic E-state index is 0.308. The van der Waals surface area contributed by atoms with E-state index in [1.807, 2.05) is 20.8 Å². The maximum absolute atomic E-state index is 11.9. The molecule has 140 valence electrons. The zero-order valence-electron chi connectivity index (χ0n) is 16.2. The van der Waals surface area contributed by atoms with Crippen molar-refractivity contribution in [2.45, 2.75) is 78.0 Å². The molecule has 0 bridgehead atoms. The van der Waals surface area contributed by atoms with Gasteiger partial charge in [-0.2, -0.15) is 0 Å². The molecule has 1 heterocycles. The Labute approximate surface area is 147 Å². The summed E-state index contributed by atoms with van der Waals surface area (Å²) in [4.78, 5) is 14.5. The molecule has 2 fully saturated rings. The highest BCUT2D eigenvalue weighted by atomic mass is 16.6. The van der Waals surface area contributed by atoms with E-state index in [2.05, 4.69) is 29.4 Å². The van der Waals surface area contributed by atoms with Gasteiger partial charge in [-0.15, -0.1) is 0 Å². The average molecular weight is 340 g/mol. The van der Waals surface area contributed by atoms with E-state index in [1.54, 1.807) is 0 Å². The summed E-state index contributed by atoms with van der Waals surface area (Å²) in [6, 6.07) is 0.856. The van der Waals surface area contributed by atoms with Gasteiger partial charge in [0.05, 0.1) is 0 Å². The molecule has 2 aliphatic rings. The molecule has 1 saturated heterocycles. The number of rotatable bonds is 7. The van der Waals surface area contributed by atoms with Gasteiger partial charge in [0.1, 0.15) is 5.60 Å². The molecule has 3 unspecified atom stereocenters. The number of piperidine rings is 1. The van der Waals surface area contributed by atoms with Crippen LogP contribution in [0.3, 0.4) is 0 Å². The van der Waals surface area contributed by atoms with Crippen LogP contribution in [-0.4, -0.2) is 54.9 Å². The Hall–Kier alpha value is -0.810. The van der Waals surface area contributed by atoms with Gasteiger partial charge in [0, 0.05) is 25.2 Å². The number of alkyl carbamates (subject to hydrolysis) is 1. The van der Waals surface area contributed by atoms with Crippen LogP contribution >= 0.6 is 0 Å². The van der Waals surface area contributed by atoms with Gasteiger partial charge < -0.3 is 20.3 Å². The second-order valence-electron chi connectivity index (χ2n) is 8.58. The number of hydrogen-bond acceptors (Lipinski definition) is 4. The Morgan fingerprint density at radius 2 is 1.96 bits per heavy atom. The third kappa shape index (κ3) is 6.60. The first kappa shape index (κ1) is 19.5. The SMILES string of the molecule is CCN1CCCC(C(C)NC(CNC(=O)OC(C)(C)C)C2CC2)C1. The summed E-state index contributed by atoms with van der Waals surface area (Å²) in [5.74, 6) is 1.41. The van der Waals surface area contributed by atoms with Crippen molar-refractivity contribution < 1.29 is 9.53 Å². The van der Waals surface area contributed by atoms with Crippen molar-refractivity contribution in [2.75, 3.05) is 26.2 Å². The molecule has 24 heavy (non-hydrogen) atoms. The third-order valence-corrected chi connectivity index (χ3v) is 5.23. The summed E-state index contributed by atoms with van der Waals surface area (Å²) in [6.45, 7) is 14.5. The molecule has 1 saturated carbocycles. The number of amides is 1. The molecule has 0 aromatic carbocycles. The number of carbonyl (C=O) groups is 1. The lowest BCUT2D eigenvalue weighted by Gasteiger charge is -2.37. The fourth-order valence-corrected chi connectivity index (χ4v) is 3.63. The Balaban J connectivity index is 1.79. The molecule has 5 nitrogen and oxygen atoms in total. The van der Waals surface area contributed by atoms with Gasteiger partial charge in [-0.1, -0.05) is 6.92 Å². The van der Waals surface area contributed by atoms with Crippen molar-refractivity contribution >= 4 is 6.09 Å². The van der Waals surface area contributed by atoms with Crippen LogP contribution in [0.1, 0.15) is 60.3 Å². The van der Waals surface area contributed by atoms with Gasteiger partial charge in [-0.05, 0) is 78.3 Å². The minimum Gasteiger partial charge on any atom is -0.444 e. The fraction of sp³-hybridized carbons (Fsp3) is 0.947. The zero-order chi connectivity index (χ0) is 17.7. The first-order chi connectivity index (χ1) is 11.3. The molecule has 2 rings (SSSR count). The predicted octanol–water partition coefficient (Wildman–Crippen LogP) is 3.00. The molecule has 2 N–H and O–H groups in total. The molecule has 0 aromatic heterocycles. The van der Waals surface area contributed by atoms with E-state index in [0.717, 1.165) is 6.54 Å². The molecule has 0 spiro atoms. The summed E-state index contributed by atoms with van der Waals surface area (Å²) >= 11 is 0. The number of likely N-dealkylation sites (tertiary alicyclic amines) is 1. The van der Waals surface area contributed by atoms with E-state index in [1.165, 1.54) is 38.8 Å². The Bertz CT molecular complexity index is 404. The topological polar surface area (TPSA) is 53.6 Å². The van der Waals surface area contributed by atoms with Crippen LogP contribution in [0, 0.1) is 11.8 Å². The van der Waals surface area contributed by atoms with Crippen molar-refractivity contribution in [3.8, 4) is 0 Å². The number of nitrogens with one attached hydrogen (secondary N) is 2. The minimum atomic E-state index is -0.439. The molecule has 0 aromatic rings. The van der Waals surface area contributed by atoms with Gasteiger partial charge in [-0.3, -0.25) is 0 Å². The number of hydrogen-bond donors (Lipinski definition) is 2. The van der Waals surface area contributed by atoms with E-state index in [4.69, 9.17) is 4.74 Å². The van der Waals surface area contributed by atoms with Gasteiger partial charge in [0.2, 0.25) is 0 Å². The van der Waals surface area contributed by atoms with Crippen LogP contribution in [0.15, 0.2) is 0 Å². The van der Waals surface area contributed by atoms with Crippen LogP contribution in [0.2, 0.25) is 0 Å². The molecular formula is C19H37N3O2. The number of ether oxygens (including phenoxy) is 1. The van der Waals surface area contributed by atoms with Crippen molar-refractivity contribution in [3.63, 3.8) is 0 Å². The number of carbonyl (C=O) groups excluding carboxylic acids is 1. The highest BCUT2D eigenvalue weighted by Gasteiger charge is 2.34. The van der Waals surface area contributed by atoms with Crippen molar-refractivity contribution in [1.29, 1.82) is 0 Å². The number of nitrogens with zero attached hydrogens (tertiary/aromatic N) is 1. The lowest BCUT2D eigenvalue weighted by Crippen LogP contribution is -2.51. The molecule has 5 heteroatoms. The lowest BCUT2D eigenvalue weighted by molar-refractivity contribution is 0.0518. The Morgan fingerprint density at radius 1 is 1.25 bits per heavy atom.